The van der Waals surface area contributed by atoms with E-state index in [1.54, 1.807) is 16.8 Å². The summed E-state index contributed by atoms with van der Waals surface area (Å²) < 4.78 is 2.98. The van der Waals surface area contributed by atoms with Crippen LogP contribution in [0.1, 0.15) is 5.56 Å². The minimum Gasteiger partial charge on any atom is -0.258 e. The zero-order valence-corrected chi connectivity index (χ0v) is 12.7. The molecule has 5 nitrogen and oxygen atoms in total. The lowest BCUT2D eigenvalue weighted by atomic mass is 10.2. The van der Waals surface area contributed by atoms with Crippen molar-refractivity contribution in [3.63, 3.8) is 0 Å². The largest absolute Gasteiger partial charge is 0.274 e. The molecule has 0 spiro atoms. The fraction of sp³-hybridized carbons (Fsp3) is 0.100. The van der Waals surface area contributed by atoms with E-state index in [9.17, 15) is 10.1 Å². The topological polar surface area (TPSA) is 61.0 Å². The van der Waals surface area contributed by atoms with Gasteiger partial charge in [0.05, 0.1) is 17.0 Å². The number of hydrogen-bond acceptors (Lipinski definition) is 3. The highest BCUT2D eigenvalue weighted by Crippen LogP contribution is 2.25. The van der Waals surface area contributed by atoms with Crippen molar-refractivity contribution < 1.29 is 4.92 Å². The van der Waals surface area contributed by atoms with Crippen LogP contribution in [-0.4, -0.2) is 14.7 Å². The number of aromatic nitrogens is 2. The molecule has 0 saturated heterocycles. The first-order valence-electron chi connectivity index (χ1n) is 4.79. The summed E-state index contributed by atoms with van der Waals surface area (Å²) in [5.74, 6) is 0. The predicted molar refractivity (Wildman–Crippen MR) is 74.8 cm³/mol. The standard InChI is InChI=1S/C10H6Br2ClN3O2/c11-9-4-10(12)15(14-9)5-6-3-7(13)1-2-8(6)16(17)18/h1-4H,5H2. The Balaban J connectivity index is 2.42. The van der Waals surface area contributed by atoms with Gasteiger partial charge in [-0.3, -0.25) is 14.8 Å². The molecule has 1 aromatic heterocycles. The second-order valence-corrected chi connectivity index (χ2v) is 5.54. The van der Waals surface area contributed by atoms with Crippen molar-refractivity contribution in [2.24, 2.45) is 0 Å². The van der Waals surface area contributed by atoms with Crippen molar-refractivity contribution >= 4 is 49.1 Å². The highest BCUT2D eigenvalue weighted by atomic mass is 79.9. The number of nitro groups is 1. The number of nitro benzene ring substituents is 1. The van der Waals surface area contributed by atoms with Crippen molar-refractivity contribution in [3.8, 4) is 0 Å². The average molecular weight is 395 g/mol. The third-order valence-electron chi connectivity index (χ3n) is 2.26. The van der Waals surface area contributed by atoms with Gasteiger partial charge in [-0.1, -0.05) is 11.6 Å². The molecule has 2 aromatic rings. The van der Waals surface area contributed by atoms with Crippen LogP contribution in [0.25, 0.3) is 0 Å². The Morgan fingerprint density at radius 3 is 2.67 bits per heavy atom. The third-order valence-corrected chi connectivity index (χ3v) is 3.52. The van der Waals surface area contributed by atoms with Gasteiger partial charge in [0.2, 0.25) is 0 Å². The van der Waals surface area contributed by atoms with Crippen LogP contribution in [0, 0.1) is 10.1 Å². The van der Waals surface area contributed by atoms with Gasteiger partial charge in [-0.25, -0.2) is 0 Å². The first-order valence-corrected chi connectivity index (χ1v) is 6.75. The molecule has 0 aliphatic rings. The zero-order chi connectivity index (χ0) is 13.3. The van der Waals surface area contributed by atoms with Gasteiger partial charge in [0, 0.05) is 17.2 Å². The normalized spacial score (nSPS) is 10.6. The highest BCUT2D eigenvalue weighted by molar-refractivity contribution is 9.11. The summed E-state index contributed by atoms with van der Waals surface area (Å²) in [6.07, 6.45) is 0. The lowest BCUT2D eigenvalue weighted by molar-refractivity contribution is -0.385. The molecule has 0 aliphatic carbocycles. The Labute approximate surface area is 124 Å². The monoisotopic (exact) mass is 393 g/mol. The van der Waals surface area contributed by atoms with E-state index in [1.165, 1.54) is 12.1 Å². The summed E-state index contributed by atoms with van der Waals surface area (Å²) in [4.78, 5) is 10.5. The van der Waals surface area contributed by atoms with Crippen molar-refractivity contribution in [2.45, 2.75) is 6.54 Å². The molecule has 0 unspecified atom stereocenters. The Morgan fingerprint density at radius 1 is 1.39 bits per heavy atom. The van der Waals surface area contributed by atoms with Gasteiger partial charge < -0.3 is 0 Å². The van der Waals surface area contributed by atoms with Crippen LogP contribution in [0.2, 0.25) is 5.02 Å². The number of rotatable bonds is 3. The van der Waals surface area contributed by atoms with Crippen LogP contribution >= 0.6 is 43.5 Å². The van der Waals surface area contributed by atoms with Crippen molar-refractivity contribution in [2.75, 3.05) is 0 Å². The van der Waals surface area contributed by atoms with E-state index < -0.39 is 4.92 Å². The van der Waals surface area contributed by atoms with Crippen LogP contribution in [-0.2, 0) is 6.54 Å². The van der Waals surface area contributed by atoms with Gasteiger partial charge in [0.1, 0.15) is 9.21 Å². The molecule has 0 amide bonds. The fourth-order valence-corrected chi connectivity index (χ4v) is 2.83. The molecule has 0 aliphatic heterocycles. The molecule has 1 heterocycles. The van der Waals surface area contributed by atoms with Gasteiger partial charge >= 0.3 is 0 Å². The Kier molecular flexibility index (Phi) is 4.04. The maximum absolute atomic E-state index is 10.9. The highest BCUT2D eigenvalue weighted by Gasteiger charge is 2.15. The summed E-state index contributed by atoms with van der Waals surface area (Å²) >= 11 is 12.4. The van der Waals surface area contributed by atoms with E-state index in [-0.39, 0.29) is 12.2 Å². The Bertz CT molecular complexity index is 615. The molecule has 94 valence electrons. The van der Waals surface area contributed by atoms with Crippen LogP contribution in [0.5, 0.6) is 0 Å². The maximum Gasteiger partial charge on any atom is 0.274 e. The molecule has 18 heavy (non-hydrogen) atoms. The quantitative estimate of drug-likeness (QED) is 0.583. The van der Waals surface area contributed by atoms with Crippen molar-refractivity contribution in [1.82, 2.24) is 9.78 Å². The molecule has 0 fully saturated rings. The summed E-state index contributed by atoms with van der Waals surface area (Å²) in [5.41, 5.74) is 0.529. The first kappa shape index (κ1) is 13.5. The van der Waals surface area contributed by atoms with Crippen LogP contribution in [0.15, 0.2) is 33.5 Å². The molecule has 2 rings (SSSR count). The average Bonchev–Trinajstić information content (AvgIpc) is 2.57. The lowest BCUT2D eigenvalue weighted by Gasteiger charge is -2.05. The van der Waals surface area contributed by atoms with Crippen molar-refractivity contribution in [1.29, 1.82) is 0 Å². The fourth-order valence-electron chi connectivity index (χ4n) is 1.50. The zero-order valence-electron chi connectivity index (χ0n) is 8.81. The smallest absolute Gasteiger partial charge is 0.258 e. The van der Waals surface area contributed by atoms with Gasteiger partial charge in [0.15, 0.2) is 0 Å². The second-order valence-electron chi connectivity index (χ2n) is 3.48. The van der Waals surface area contributed by atoms with Gasteiger partial charge in [-0.15, -0.1) is 0 Å². The molecule has 0 bridgehead atoms. The minimum absolute atomic E-state index is 0.0259. The maximum atomic E-state index is 10.9. The number of nitrogens with zero attached hydrogens (tertiary/aromatic N) is 3. The van der Waals surface area contributed by atoms with Gasteiger partial charge in [-0.2, -0.15) is 5.10 Å². The Hall–Kier alpha value is -0.920. The van der Waals surface area contributed by atoms with E-state index in [2.05, 4.69) is 37.0 Å². The molecule has 0 saturated carbocycles. The van der Waals surface area contributed by atoms with Gasteiger partial charge in [0.25, 0.3) is 5.69 Å². The van der Waals surface area contributed by atoms with Crippen LogP contribution in [0.3, 0.4) is 0 Å². The molecule has 0 N–H and O–H groups in total. The molecular formula is C10H6Br2ClN3O2. The summed E-state index contributed by atoms with van der Waals surface area (Å²) in [6, 6.07) is 6.22. The van der Waals surface area contributed by atoms with Crippen molar-refractivity contribution in [3.05, 3.63) is 54.2 Å². The molecule has 8 heteroatoms. The summed E-state index contributed by atoms with van der Waals surface area (Å²) in [5, 5.41) is 15.5. The van der Waals surface area contributed by atoms with Gasteiger partial charge in [-0.05, 0) is 44.0 Å². The van der Waals surface area contributed by atoms with E-state index >= 15 is 0 Å². The number of halogens is 3. The van der Waals surface area contributed by atoms with Crippen LogP contribution < -0.4 is 0 Å². The third kappa shape index (κ3) is 2.90. The van der Waals surface area contributed by atoms with Crippen LogP contribution in [0.4, 0.5) is 5.69 Å². The molecule has 0 radical (unpaired) electrons. The van der Waals surface area contributed by atoms with E-state index in [1.807, 2.05) is 0 Å². The SMILES string of the molecule is O=[N+]([O-])c1ccc(Cl)cc1Cn1nc(Br)cc1Br. The van der Waals surface area contributed by atoms with E-state index in [0.717, 1.165) is 4.60 Å². The van der Waals surface area contributed by atoms with E-state index in [0.29, 0.717) is 15.2 Å². The molecular weight excluding hydrogens is 389 g/mol. The molecule has 0 atom stereocenters. The van der Waals surface area contributed by atoms with E-state index in [4.69, 9.17) is 11.6 Å². The summed E-state index contributed by atoms with van der Waals surface area (Å²) in [7, 11) is 0. The molecule has 1 aromatic carbocycles. The lowest BCUT2D eigenvalue weighted by Crippen LogP contribution is -2.05. The number of hydrogen-bond donors (Lipinski definition) is 0. The minimum atomic E-state index is -0.432. The Morgan fingerprint density at radius 2 is 2.11 bits per heavy atom. The predicted octanol–water partition coefficient (Wildman–Crippen LogP) is 4.02. The number of benzene rings is 1. The second kappa shape index (κ2) is 5.38. The first-order chi connectivity index (χ1) is 8.47. The summed E-state index contributed by atoms with van der Waals surface area (Å²) in [6.45, 7) is 0.267.